The van der Waals surface area contributed by atoms with Gasteiger partial charge in [0, 0.05) is 21.7 Å². The van der Waals surface area contributed by atoms with Crippen LogP contribution < -0.4 is 10.7 Å². The third-order valence-corrected chi connectivity index (χ3v) is 6.64. The number of carbonyl (C=O) groups is 2. The highest BCUT2D eigenvalue weighted by atomic mass is 35.5. The fourth-order valence-corrected chi connectivity index (χ4v) is 4.29. The molecular formula is C28H17Cl2F7N4O2. The highest BCUT2D eigenvalue weighted by Gasteiger charge is 2.76. The predicted molar refractivity (Wildman–Crippen MR) is 148 cm³/mol. The minimum absolute atomic E-state index is 0.194. The molecule has 0 fully saturated rings. The third kappa shape index (κ3) is 6.42. The summed E-state index contributed by atoms with van der Waals surface area (Å²) in [5.41, 5.74) is 4.01. The molecule has 3 aromatic carbocycles. The van der Waals surface area contributed by atoms with Gasteiger partial charge in [0.2, 0.25) is 0 Å². The van der Waals surface area contributed by atoms with Crippen LogP contribution in [0.15, 0.2) is 77.9 Å². The van der Waals surface area contributed by atoms with Crippen LogP contribution in [0.25, 0.3) is 22.2 Å². The summed E-state index contributed by atoms with van der Waals surface area (Å²) < 4.78 is 90.5. The van der Waals surface area contributed by atoms with Crippen LogP contribution in [0.5, 0.6) is 0 Å². The van der Waals surface area contributed by atoms with Gasteiger partial charge in [-0.2, -0.15) is 35.8 Å². The highest BCUT2D eigenvalue weighted by Crippen LogP contribution is 2.47. The Bertz CT molecular complexity index is 1740. The molecule has 4 rings (SSSR count). The zero-order chi connectivity index (χ0) is 31.7. The molecule has 0 bridgehead atoms. The summed E-state index contributed by atoms with van der Waals surface area (Å²) in [6, 6.07) is 17.5. The summed E-state index contributed by atoms with van der Waals surface area (Å²) in [5.74, 6) is -16.1. The summed E-state index contributed by atoms with van der Waals surface area (Å²) in [5, 5.41) is 6.59. The molecule has 0 saturated carbocycles. The van der Waals surface area contributed by atoms with E-state index in [0.717, 1.165) is 12.1 Å². The number of aromatic nitrogens is 1. The van der Waals surface area contributed by atoms with Crippen LogP contribution in [0, 0.1) is 0 Å². The fraction of sp³-hybridized carbons (Fsp3) is 0.143. The Balaban J connectivity index is 1.53. The number of amides is 2. The number of nitrogens with zero attached hydrogens (tertiary/aromatic N) is 2. The van der Waals surface area contributed by atoms with E-state index in [9.17, 15) is 40.3 Å². The van der Waals surface area contributed by atoms with Crippen LogP contribution in [-0.2, 0) is 4.79 Å². The highest BCUT2D eigenvalue weighted by molar-refractivity contribution is 6.36. The van der Waals surface area contributed by atoms with Gasteiger partial charge in [0.25, 0.3) is 5.91 Å². The lowest BCUT2D eigenvalue weighted by molar-refractivity contribution is -0.343. The standard InChI is InChI=1S/C28H17Cl2F7N4O2/c1-14(15-6-9-17(10-7-15)38-25(43)26(31,32)27(33,34)28(35,36)37)40-41-24(42)20-13-23(19-11-8-16(29)12-21(19)30)39-22-5-3-2-4-18(20)22/h2-13H,1H3,(H,38,43)(H,41,42). The molecule has 2 amide bonds. The molecule has 0 aliphatic carbocycles. The summed E-state index contributed by atoms with van der Waals surface area (Å²) in [7, 11) is 0. The van der Waals surface area contributed by atoms with E-state index in [2.05, 4.69) is 15.5 Å². The molecule has 0 saturated heterocycles. The number of halogens is 9. The first-order valence-electron chi connectivity index (χ1n) is 12.0. The number of para-hydroxylation sites is 1. The average molecular weight is 645 g/mol. The Labute approximate surface area is 248 Å². The van der Waals surface area contributed by atoms with Gasteiger partial charge in [0.05, 0.1) is 27.5 Å². The van der Waals surface area contributed by atoms with Crippen molar-refractivity contribution in [2.45, 2.75) is 24.9 Å². The van der Waals surface area contributed by atoms with Crippen molar-refractivity contribution in [1.82, 2.24) is 10.4 Å². The second-order valence-electron chi connectivity index (χ2n) is 9.01. The molecule has 0 unspecified atom stereocenters. The number of anilines is 1. The van der Waals surface area contributed by atoms with Crippen LogP contribution in [0.2, 0.25) is 10.0 Å². The van der Waals surface area contributed by atoms with Crippen molar-refractivity contribution in [3.05, 3.63) is 94.0 Å². The molecule has 1 aromatic heterocycles. The molecule has 0 atom stereocenters. The first-order chi connectivity index (χ1) is 20.0. The number of benzene rings is 3. The second-order valence-corrected chi connectivity index (χ2v) is 9.86. The number of carbonyl (C=O) groups excluding carboxylic acids is 2. The van der Waals surface area contributed by atoms with E-state index in [1.54, 1.807) is 36.4 Å². The average Bonchev–Trinajstić information content (AvgIpc) is 2.94. The van der Waals surface area contributed by atoms with Crippen molar-refractivity contribution < 1.29 is 40.3 Å². The number of hydrogen-bond acceptors (Lipinski definition) is 4. The lowest BCUT2D eigenvalue weighted by Gasteiger charge is -2.27. The molecule has 1 heterocycles. The number of alkyl halides is 7. The predicted octanol–water partition coefficient (Wildman–Crippen LogP) is 8.13. The molecule has 224 valence electrons. The number of hydrogen-bond donors (Lipinski definition) is 2. The van der Waals surface area contributed by atoms with E-state index < -0.39 is 35.5 Å². The SMILES string of the molecule is CC(=NNC(=O)c1cc(-c2ccc(Cl)cc2Cl)nc2ccccc12)c1ccc(NC(=O)C(F)(F)C(F)(F)C(F)(F)F)cc1. The second kappa shape index (κ2) is 11.8. The van der Waals surface area contributed by atoms with Gasteiger partial charge >= 0.3 is 23.9 Å². The van der Waals surface area contributed by atoms with Crippen LogP contribution in [0.3, 0.4) is 0 Å². The van der Waals surface area contributed by atoms with Gasteiger partial charge in [-0.25, -0.2) is 10.4 Å². The Kier molecular flexibility index (Phi) is 8.70. The zero-order valence-electron chi connectivity index (χ0n) is 21.5. The number of rotatable bonds is 7. The Morgan fingerprint density at radius 2 is 1.51 bits per heavy atom. The molecular weight excluding hydrogens is 628 g/mol. The molecule has 6 nitrogen and oxygen atoms in total. The van der Waals surface area contributed by atoms with Gasteiger partial charge in [0.15, 0.2) is 0 Å². The van der Waals surface area contributed by atoms with Crippen LogP contribution >= 0.6 is 23.2 Å². The van der Waals surface area contributed by atoms with Crippen molar-refractivity contribution in [2.24, 2.45) is 5.10 Å². The van der Waals surface area contributed by atoms with Gasteiger partial charge in [-0.1, -0.05) is 53.5 Å². The summed E-state index contributed by atoms with van der Waals surface area (Å²) >= 11 is 12.3. The van der Waals surface area contributed by atoms with Gasteiger partial charge in [-0.05, 0) is 55.0 Å². The number of pyridine rings is 1. The van der Waals surface area contributed by atoms with E-state index in [0.29, 0.717) is 37.8 Å². The van der Waals surface area contributed by atoms with E-state index in [-0.39, 0.29) is 11.3 Å². The molecule has 0 aliphatic rings. The Morgan fingerprint density at radius 3 is 2.14 bits per heavy atom. The molecule has 15 heteroatoms. The molecule has 2 N–H and O–H groups in total. The topological polar surface area (TPSA) is 83.4 Å². The van der Waals surface area contributed by atoms with Crippen LogP contribution in [-0.4, -0.2) is 40.5 Å². The first-order valence-corrected chi connectivity index (χ1v) is 12.7. The normalized spacial score (nSPS) is 12.7. The summed E-state index contributed by atoms with van der Waals surface area (Å²) in [4.78, 5) is 29.3. The molecule has 0 radical (unpaired) electrons. The summed E-state index contributed by atoms with van der Waals surface area (Å²) in [6.07, 6.45) is -6.65. The molecule has 43 heavy (non-hydrogen) atoms. The van der Waals surface area contributed by atoms with E-state index in [4.69, 9.17) is 23.2 Å². The van der Waals surface area contributed by atoms with Gasteiger partial charge in [0.1, 0.15) is 0 Å². The molecule has 0 spiro atoms. The maximum Gasteiger partial charge on any atom is 0.460 e. The van der Waals surface area contributed by atoms with Crippen LogP contribution in [0.1, 0.15) is 22.8 Å². The van der Waals surface area contributed by atoms with Crippen molar-refractivity contribution in [1.29, 1.82) is 0 Å². The Hall–Kier alpha value is -4.23. The lowest BCUT2D eigenvalue weighted by atomic mass is 10.0. The number of nitrogens with one attached hydrogen (secondary N) is 2. The van der Waals surface area contributed by atoms with Crippen molar-refractivity contribution in [3.63, 3.8) is 0 Å². The van der Waals surface area contributed by atoms with E-state index in [1.807, 2.05) is 0 Å². The number of fused-ring (bicyclic) bond motifs is 1. The quantitative estimate of drug-likeness (QED) is 0.121. The monoisotopic (exact) mass is 644 g/mol. The van der Waals surface area contributed by atoms with E-state index >= 15 is 0 Å². The van der Waals surface area contributed by atoms with Crippen LogP contribution in [0.4, 0.5) is 36.4 Å². The van der Waals surface area contributed by atoms with Gasteiger partial charge in [-0.15, -0.1) is 0 Å². The smallest absolute Gasteiger partial charge is 0.321 e. The van der Waals surface area contributed by atoms with E-state index in [1.165, 1.54) is 36.5 Å². The maximum atomic E-state index is 13.6. The summed E-state index contributed by atoms with van der Waals surface area (Å²) in [6.45, 7) is 1.47. The largest absolute Gasteiger partial charge is 0.460 e. The maximum absolute atomic E-state index is 13.6. The minimum Gasteiger partial charge on any atom is -0.321 e. The fourth-order valence-electron chi connectivity index (χ4n) is 3.78. The molecule has 0 aliphatic heterocycles. The minimum atomic E-state index is -6.65. The zero-order valence-corrected chi connectivity index (χ0v) is 23.1. The molecule has 4 aromatic rings. The third-order valence-electron chi connectivity index (χ3n) is 6.09. The van der Waals surface area contributed by atoms with Crippen molar-refractivity contribution in [2.75, 3.05) is 5.32 Å². The van der Waals surface area contributed by atoms with Crippen molar-refractivity contribution >= 4 is 57.3 Å². The first kappa shape index (κ1) is 31.7. The van der Waals surface area contributed by atoms with Crippen molar-refractivity contribution in [3.8, 4) is 11.3 Å². The lowest BCUT2D eigenvalue weighted by Crippen LogP contribution is -2.57. The Morgan fingerprint density at radius 1 is 0.860 bits per heavy atom. The van der Waals surface area contributed by atoms with Gasteiger partial charge < -0.3 is 5.32 Å². The van der Waals surface area contributed by atoms with Gasteiger partial charge in [-0.3, -0.25) is 9.59 Å². The number of hydrazone groups is 1.